The van der Waals surface area contributed by atoms with Crippen molar-refractivity contribution < 1.29 is 18.7 Å². The van der Waals surface area contributed by atoms with Crippen molar-refractivity contribution in [3.8, 4) is 0 Å². The molecule has 1 atom stereocenters. The van der Waals surface area contributed by atoms with Crippen LogP contribution < -0.4 is 21.1 Å². The van der Waals surface area contributed by atoms with E-state index in [-0.39, 0.29) is 23.5 Å². The molecule has 1 aromatic heterocycles. The number of nitrogens with one attached hydrogen (secondary N) is 3. The first-order chi connectivity index (χ1) is 13.5. The average molecular weight is 387 g/mol. The molecule has 2 aliphatic heterocycles. The number of rotatable bonds is 3. The molecule has 1 fully saturated rings. The van der Waals surface area contributed by atoms with Crippen LogP contribution in [0, 0.1) is 5.82 Å². The number of carbonyl (C=O) groups is 2. The highest BCUT2D eigenvalue weighted by molar-refractivity contribution is 6.04. The van der Waals surface area contributed by atoms with Crippen LogP contribution >= 0.6 is 0 Å². The third kappa shape index (κ3) is 3.58. The monoisotopic (exact) mass is 387 g/mol. The fourth-order valence-corrected chi connectivity index (χ4v) is 3.30. The Morgan fingerprint density at radius 1 is 1.29 bits per heavy atom. The number of hydrogen-bond donors (Lipinski definition) is 3. The minimum Gasteiger partial charge on any atom is -0.378 e. The predicted octanol–water partition coefficient (Wildman–Crippen LogP) is 0.810. The van der Waals surface area contributed by atoms with Gasteiger partial charge in [0.25, 0.3) is 5.56 Å². The standard InChI is InChI=1S/C18H18FN5O4/c19-10-2-1-3-11(8-10)20-16(26)12-9-13(25)21-15-14(12)17(27)23-18(22-15)24-4-6-28-7-5-24/h1-3,8,12H,4-7,9H2,(H,20,26)(H2,21,22,23,25,27). The highest BCUT2D eigenvalue weighted by Gasteiger charge is 2.35. The van der Waals surface area contributed by atoms with Crippen LogP contribution in [0.2, 0.25) is 0 Å². The van der Waals surface area contributed by atoms with Crippen LogP contribution in [0.3, 0.4) is 0 Å². The molecule has 4 rings (SSSR count). The number of aromatic nitrogens is 2. The molecular weight excluding hydrogens is 369 g/mol. The Morgan fingerprint density at radius 3 is 2.82 bits per heavy atom. The van der Waals surface area contributed by atoms with Crippen LogP contribution in [0.1, 0.15) is 17.9 Å². The fourth-order valence-electron chi connectivity index (χ4n) is 3.30. The van der Waals surface area contributed by atoms with Gasteiger partial charge in [0.05, 0.1) is 24.7 Å². The number of fused-ring (bicyclic) bond motifs is 1. The second-order valence-corrected chi connectivity index (χ2v) is 6.56. The Labute approximate surface area is 158 Å². The Bertz CT molecular complexity index is 986. The number of benzene rings is 1. The summed E-state index contributed by atoms with van der Waals surface area (Å²) in [6.45, 7) is 2.12. The van der Waals surface area contributed by atoms with Crippen molar-refractivity contribution in [1.29, 1.82) is 0 Å². The van der Waals surface area contributed by atoms with E-state index in [4.69, 9.17) is 4.74 Å². The first-order valence-electron chi connectivity index (χ1n) is 8.84. The van der Waals surface area contributed by atoms with Crippen molar-refractivity contribution in [3.63, 3.8) is 0 Å². The first kappa shape index (κ1) is 18.1. The smallest absolute Gasteiger partial charge is 0.258 e. The van der Waals surface area contributed by atoms with Crippen LogP contribution in [-0.4, -0.2) is 48.1 Å². The second kappa shape index (κ2) is 7.39. The number of aromatic amines is 1. The molecule has 3 heterocycles. The largest absolute Gasteiger partial charge is 0.378 e. The summed E-state index contributed by atoms with van der Waals surface area (Å²) in [7, 11) is 0. The molecular formula is C18H18FN5O4. The molecule has 28 heavy (non-hydrogen) atoms. The lowest BCUT2D eigenvalue weighted by Crippen LogP contribution is -2.41. The summed E-state index contributed by atoms with van der Waals surface area (Å²) in [6, 6.07) is 5.39. The molecule has 0 spiro atoms. The van der Waals surface area contributed by atoms with Gasteiger partial charge in [-0.3, -0.25) is 19.4 Å². The van der Waals surface area contributed by atoms with Crippen molar-refractivity contribution >= 4 is 29.3 Å². The molecule has 2 aliphatic rings. The van der Waals surface area contributed by atoms with E-state index in [1.807, 2.05) is 4.90 Å². The molecule has 10 heteroatoms. The highest BCUT2D eigenvalue weighted by atomic mass is 19.1. The van der Waals surface area contributed by atoms with E-state index in [1.54, 1.807) is 0 Å². The van der Waals surface area contributed by atoms with Crippen LogP contribution in [-0.2, 0) is 14.3 Å². The van der Waals surface area contributed by atoms with Gasteiger partial charge in [-0.15, -0.1) is 0 Å². The molecule has 0 saturated carbocycles. The molecule has 1 saturated heterocycles. The van der Waals surface area contributed by atoms with Gasteiger partial charge in [0.2, 0.25) is 17.8 Å². The van der Waals surface area contributed by atoms with Crippen molar-refractivity contribution in [3.05, 3.63) is 46.0 Å². The van der Waals surface area contributed by atoms with Crippen molar-refractivity contribution in [1.82, 2.24) is 9.97 Å². The quantitative estimate of drug-likeness (QED) is 0.718. The van der Waals surface area contributed by atoms with E-state index >= 15 is 0 Å². The van der Waals surface area contributed by atoms with Gasteiger partial charge >= 0.3 is 0 Å². The fraction of sp³-hybridized carbons (Fsp3) is 0.333. The lowest BCUT2D eigenvalue weighted by atomic mass is 9.92. The number of H-pyrrole nitrogens is 1. The van der Waals surface area contributed by atoms with Gasteiger partial charge in [0.1, 0.15) is 11.6 Å². The summed E-state index contributed by atoms with van der Waals surface area (Å²) in [6.07, 6.45) is -0.199. The molecule has 0 radical (unpaired) electrons. The Balaban J connectivity index is 1.65. The van der Waals surface area contributed by atoms with Gasteiger partial charge in [0, 0.05) is 25.2 Å². The lowest BCUT2D eigenvalue weighted by molar-refractivity contribution is -0.123. The summed E-state index contributed by atoms with van der Waals surface area (Å²) < 4.78 is 18.6. The number of halogens is 1. The maximum absolute atomic E-state index is 13.4. The Hall–Kier alpha value is -3.27. The molecule has 0 bridgehead atoms. The van der Waals surface area contributed by atoms with Gasteiger partial charge < -0.3 is 20.3 Å². The zero-order chi connectivity index (χ0) is 19.7. The van der Waals surface area contributed by atoms with Gasteiger partial charge in [-0.25, -0.2) is 4.39 Å². The Kier molecular flexibility index (Phi) is 4.78. The summed E-state index contributed by atoms with van der Waals surface area (Å²) in [5.41, 5.74) is -0.164. The van der Waals surface area contributed by atoms with Crippen LogP contribution in [0.15, 0.2) is 29.1 Å². The lowest BCUT2D eigenvalue weighted by Gasteiger charge is -2.29. The number of nitrogens with zero attached hydrogens (tertiary/aromatic N) is 2. The number of carbonyl (C=O) groups excluding carboxylic acids is 2. The minimum atomic E-state index is -1.03. The Morgan fingerprint density at radius 2 is 2.07 bits per heavy atom. The maximum atomic E-state index is 13.4. The van der Waals surface area contributed by atoms with E-state index < -0.39 is 29.1 Å². The molecule has 2 amide bonds. The van der Waals surface area contributed by atoms with Crippen LogP contribution in [0.25, 0.3) is 0 Å². The normalized spacial score (nSPS) is 19.0. The van der Waals surface area contributed by atoms with Crippen molar-refractivity contribution in [2.24, 2.45) is 0 Å². The average Bonchev–Trinajstić information content (AvgIpc) is 2.67. The molecule has 9 nitrogen and oxygen atoms in total. The molecule has 3 N–H and O–H groups in total. The third-order valence-corrected chi connectivity index (χ3v) is 4.66. The SMILES string of the molecule is O=C1CC(C(=O)Nc2cccc(F)c2)c2c(nc(N3CCOCC3)[nH]c2=O)N1. The number of morpholine rings is 1. The molecule has 146 valence electrons. The van der Waals surface area contributed by atoms with E-state index in [9.17, 15) is 18.8 Å². The topological polar surface area (TPSA) is 116 Å². The second-order valence-electron chi connectivity index (χ2n) is 6.56. The van der Waals surface area contributed by atoms with E-state index in [1.165, 1.54) is 18.2 Å². The number of hydrogen-bond acceptors (Lipinski definition) is 6. The van der Waals surface area contributed by atoms with E-state index in [0.717, 1.165) is 6.07 Å². The van der Waals surface area contributed by atoms with Crippen molar-refractivity contribution in [2.45, 2.75) is 12.3 Å². The van der Waals surface area contributed by atoms with Crippen LogP contribution in [0.4, 0.5) is 21.8 Å². The first-order valence-corrected chi connectivity index (χ1v) is 8.84. The summed E-state index contributed by atoms with van der Waals surface area (Å²) >= 11 is 0. The molecule has 0 aliphatic carbocycles. The number of ether oxygens (including phenoxy) is 1. The number of anilines is 3. The van der Waals surface area contributed by atoms with Gasteiger partial charge in [-0.05, 0) is 18.2 Å². The summed E-state index contributed by atoms with van der Waals surface area (Å²) in [5, 5.41) is 5.12. The zero-order valence-corrected chi connectivity index (χ0v) is 14.8. The molecule has 1 unspecified atom stereocenters. The van der Waals surface area contributed by atoms with Gasteiger partial charge in [-0.2, -0.15) is 4.98 Å². The summed E-state index contributed by atoms with van der Waals surface area (Å²) in [4.78, 5) is 46.4. The summed E-state index contributed by atoms with van der Waals surface area (Å²) in [5.74, 6) is -2.14. The molecule has 2 aromatic rings. The third-order valence-electron chi connectivity index (χ3n) is 4.66. The predicted molar refractivity (Wildman–Crippen MR) is 98.9 cm³/mol. The van der Waals surface area contributed by atoms with Gasteiger partial charge in [0.15, 0.2) is 0 Å². The maximum Gasteiger partial charge on any atom is 0.258 e. The van der Waals surface area contributed by atoms with Crippen molar-refractivity contribution in [2.75, 3.05) is 41.8 Å². The zero-order valence-electron chi connectivity index (χ0n) is 14.8. The highest BCUT2D eigenvalue weighted by Crippen LogP contribution is 2.30. The minimum absolute atomic E-state index is 0.0703. The van der Waals surface area contributed by atoms with Crippen LogP contribution in [0.5, 0.6) is 0 Å². The van der Waals surface area contributed by atoms with E-state index in [0.29, 0.717) is 32.3 Å². The van der Waals surface area contributed by atoms with Gasteiger partial charge in [-0.1, -0.05) is 6.07 Å². The molecule has 1 aromatic carbocycles. The number of amides is 2. The van der Waals surface area contributed by atoms with E-state index in [2.05, 4.69) is 20.6 Å².